The van der Waals surface area contributed by atoms with Crippen molar-refractivity contribution in [3.05, 3.63) is 23.0 Å². The van der Waals surface area contributed by atoms with Crippen LogP contribution in [0.1, 0.15) is 6.92 Å². The van der Waals surface area contributed by atoms with E-state index in [1.807, 2.05) is 12.1 Å². The number of rotatable bonds is 5. The Kier molecular flexibility index (Phi) is 5.13. The number of carbonyl (C=O) groups excluding carboxylic acids is 2. The normalized spacial score (nSPS) is 11.7. The number of halogens is 1. The molecule has 2 aromatic rings. The topological polar surface area (TPSA) is 69.9 Å². The fourth-order valence-corrected chi connectivity index (χ4v) is 3.19. The van der Waals surface area contributed by atoms with Crippen LogP contribution in [0.3, 0.4) is 0 Å². The smallest absolute Gasteiger partial charge is 0.376 e. The van der Waals surface area contributed by atoms with Gasteiger partial charge in [-0.2, -0.15) is 4.02 Å². The molecule has 2 rings (SSSR count). The quantitative estimate of drug-likeness (QED) is 0.594. The Bertz CT molecular complexity index is 750. The summed E-state index contributed by atoms with van der Waals surface area (Å²) in [7, 11) is 1.59. The Hall–Kier alpha value is -1.67. The molecule has 112 valence electrons. The molecule has 0 spiro atoms. The van der Waals surface area contributed by atoms with Crippen LogP contribution in [0.5, 0.6) is 5.75 Å². The van der Waals surface area contributed by atoms with Crippen LogP contribution in [0.15, 0.2) is 22.2 Å². The molecule has 0 amide bonds. The van der Waals surface area contributed by atoms with Crippen molar-refractivity contribution in [2.24, 2.45) is 4.02 Å². The SMILES string of the molecule is CCOC(=O)C(=O)Cn1c(=NBr)sc2cc(OC)ccc21. The van der Waals surface area contributed by atoms with Gasteiger partial charge in [0.05, 0.1) is 46.6 Å². The number of carbonyl (C=O) groups is 2. The van der Waals surface area contributed by atoms with Crippen LogP contribution in [-0.4, -0.2) is 30.0 Å². The number of ether oxygens (including phenoxy) is 2. The molecule has 0 unspecified atom stereocenters. The van der Waals surface area contributed by atoms with Crippen molar-refractivity contribution >= 4 is 49.5 Å². The number of methoxy groups -OCH3 is 1. The molecule has 0 fully saturated rings. The fraction of sp³-hybridized carbons (Fsp3) is 0.308. The lowest BCUT2D eigenvalue weighted by molar-refractivity contribution is -0.153. The Morgan fingerprint density at radius 3 is 2.81 bits per heavy atom. The standard InChI is InChI=1S/C13H13BrN2O4S/c1-3-20-12(18)10(17)7-16-9-5-4-8(19-2)6-11(9)21-13(16)15-14/h4-6H,3,7H2,1-2H3. The van der Waals surface area contributed by atoms with Crippen molar-refractivity contribution in [2.75, 3.05) is 13.7 Å². The minimum atomic E-state index is -0.835. The average Bonchev–Trinajstić information content (AvgIpc) is 2.84. The van der Waals surface area contributed by atoms with Crippen LogP contribution in [0.4, 0.5) is 0 Å². The molecular weight excluding hydrogens is 360 g/mol. The minimum Gasteiger partial charge on any atom is -0.497 e. The molecule has 0 aliphatic carbocycles. The molecule has 0 atom stereocenters. The number of Topliss-reactive ketones (excluding diaryl/α,β-unsaturated/α-hetero) is 1. The van der Waals surface area contributed by atoms with Gasteiger partial charge in [0.1, 0.15) is 5.75 Å². The van der Waals surface area contributed by atoms with E-state index in [9.17, 15) is 9.59 Å². The highest BCUT2D eigenvalue weighted by atomic mass is 79.9. The van der Waals surface area contributed by atoms with Crippen molar-refractivity contribution in [2.45, 2.75) is 13.5 Å². The number of fused-ring (bicyclic) bond motifs is 1. The van der Waals surface area contributed by atoms with E-state index >= 15 is 0 Å². The molecule has 1 aromatic carbocycles. The zero-order chi connectivity index (χ0) is 15.4. The summed E-state index contributed by atoms with van der Waals surface area (Å²) in [4.78, 5) is 23.9. The van der Waals surface area contributed by atoms with Gasteiger partial charge in [0.25, 0.3) is 5.78 Å². The lowest BCUT2D eigenvalue weighted by Gasteiger charge is -2.05. The average molecular weight is 373 g/mol. The zero-order valence-electron chi connectivity index (χ0n) is 11.5. The summed E-state index contributed by atoms with van der Waals surface area (Å²) >= 11 is 4.42. The van der Waals surface area contributed by atoms with Gasteiger partial charge < -0.3 is 14.0 Å². The van der Waals surface area contributed by atoms with E-state index in [1.54, 1.807) is 24.7 Å². The third-order valence-corrected chi connectivity index (χ3v) is 4.38. The Morgan fingerprint density at radius 2 is 2.19 bits per heavy atom. The molecule has 0 radical (unpaired) electrons. The van der Waals surface area contributed by atoms with Crippen molar-refractivity contribution in [3.8, 4) is 5.75 Å². The summed E-state index contributed by atoms with van der Waals surface area (Å²) in [6.07, 6.45) is 0. The highest BCUT2D eigenvalue weighted by Gasteiger charge is 2.18. The molecule has 1 heterocycles. The van der Waals surface area contributed by atoms with E-state index in [0.717, 1.165) is 10.2 Å². The maximum Gasteiger partial charge on any atom is 0.376 e. The van der Waals surface area contributed by atoms with E-state index in [-0.39, 0.29) is 13.2 Å². The summed E-state index contributed by atoms with van der Waals surface area (Å²) in [5, 5.41) is 0. The molecule has 0 saturated carbocycles. The predicted molar refractivity (Wildman–Crippen MR) is 82.5 cm³/mol. The van der Waals surface area contributed by atoms with Gasteiger partial charge in [0.15, 0.2) is 4.80 Å². The van der Waals surface area contributed by atoms with Crippen LogP contribution in [0.25, 0.3) is 10.2 Å². The third-order valence-electron chi connectivity index (χ3n) is 2.77. The number of hydrogen-bond acceptors (Lipinski definition) is 6. The van der Waals surface area contributed by atoms with Crippen molar-refractivity contribution in [3.63, 3.8) is 0 Å². The molecular formula is C13H13BrN2O4S. The highest BCUT2D eigenvalue weighted by Crippen LogP contribution is 2.23. The molecule has 0 aliphatic rings. The summed E-state index contributed by atoms with van der Waals surface area (Å²) in [6, 6.07) is 5.47. The number of benzene rings is 1. The zero-order valence-corrected chi connectivity index (χ0v) is 13.9. The summed E-state index contributed by atoms with van der Waals surface area (Å²) < 4.78 is 16.4. The van der Waals surface area contributed by atoms with Gasteiger partial charge in [-0.25, -0.2) is 4.79 Å². The second-order valence-electron chi connectivity index (χ2n) is 4.03. The molecule has 0 N–H and O–H groups in total. The van der Waals surface area contributed by atoms with E-state index < -0.39 is 11.8 Å². The second-order valence-corrected chi connectivity index (χ2v) is 5.40. The third kappa shape index (κ3) is 3.33. The molecule has 6 nitrogen and oxygen atoms in total. The first-order valence-electron chi connectivity index (χ1n) is 6.13. The first-order valence-corrected chi connectivity index (χ1v) is 7.65. The number of thiazole rings is 1. The molecule has 0 bridgehead atoms. The van der Waals surface area contributed by atoms with Crippen LogP contribution in [0, 0.1) is 0 Å². The molecule has 8 heteroatoms. The summed E-state index contributed by atoms with van der Waals surface area (Å²) in [5.41, 5.74) is 0.802. The van der Waals surface area contributed by atoms with Crippen LogP contribution < -0.4 is 9.54 Å². The van der Waals surface area contributed by atoms with Crippen molar-refractivity contribution < 1.29 is 19.1 Å². The van der Waals surface area contributed by atoms with E-state index in [4.69, 9.17) is 9.47 Å². The lowest BCUT2D eigenvalue weighted by atomic mass is 10.3. The molecule has 0 saturated heterocycles. The monoisotopic (exact) mass is 372 g/mol. The van der Waals surface area contributed by atoms with Crippen LogP contribution >= 0.6 is 27.5 Å². The lowest BCUT2D eigenvalue weighted by Crippen LogP contribution is -2.26. The van der Waals surface area contributed by atoms with Gasteiger partial charge in [0.2, 0.25) is 0 Å². The number of nitrogens with zero attached hydrogens (tertiary/aromatic N) is 2. The number of aromatic nitrogens is 1. The molecule has 21 heavy (non-hydrogen) atoms. The number of hydrogen-bond donors (Lipinski definition) is 0. The largest absolute Gasteiger partial charge is 0.497 e. The van der Waals surface area contributed by atoms with E-state index in [0.29, 0.717) is 10.6 Å². The second kappa shape index (κ2) is 6.86. The van der Waals surface area contributed by atoms with Gasteiger partial charge in [-0.15, -0.1) is 0 Å². The Morgan fingerprint density at radius 1 is 1.43 bits per heavy atom. The van der Waals surface area contributed by atoms with E-state index in [2.05, 4.69) is 20.2 Å². The summed E-state index contributed by atoms with van der Waals surface area (Å²) in [6.45, 7) is 1.71. The van der Waals surface area contributed by atoms with Crippen LogP contribution in [0.2, 0.25) is 0 Å². The fourth-order valence-electron chi connectivity index (χ4n) is 1.82. The predicted octanol–water partition coefficient (Wildman–Crippen LogP) is 2.05. The highest BCUT2D eigenvalue weighted by molar-refractivity contribution is 9.08. The maximum atomic E-state index is 11.9. The summed E-state index contributed by atoms with van der Waals surface area (Å²) in [5.74, 6) is -0.734. The van der Waals surface area contributed by atoms with Crippen LogP contribution in [-0.2, 0) is 20.9 Å². The number of esters is 1. The van der Waals surface area contributed by atoms with Gasteiger partial charge in [-0.3, -0.25) is 4.79 Å². The Labute approximate surface area is 133 Å². The molecule has 1 aromatic heterocycles. The van der Waals surface area contributed by atoms with Crippen molar-refractivity contribution in [1.82, 2.24) is 4.57 Å². The molecule has 0 aliphatic heterocycles. The Balaban J connectivity index is 2.43. The van der Waals surface area contributed by atoms with E-state index in [1.165, 1.54) is 11.3 Å². The first-order chi connectivity index (χ1) is 10.1. The van der Waals surface area contributed by atoms with Gasteiger partial charge in [-0.1, -0.05) is 11.3 Å². The van der Waals surface area contributed by atoms with Crippen molar-refractivity contribution in [1.29, 1.82) is 0 Å². The number of ketones is 1. The first kappa shape index (κ1) is 15.7. The van der Waals surface area contributed by atoms with Gasteiger partial charge in [0, 0.05) is 0 Å². The minimum absolute atomic E-state index is 0.115. The maximum absolute atomic E-state index is 11.9. The van der Waals surface area contributed by atoms with Gasteiger partial charge >= 0.3 is 5.97 Å². The van der Waals surface area contributed by atoms with Gasteiger partial charge in [-0.05, 0) is 25.1 Å².